The molecule has 3 atom stereocenters. The van der Waals surface area contributed by atoms with Crippen LogP contribution in [0.2, 0.25) is 0 Å². The average Bonchev–Trinajstić information content (AvgIpc) is 3.09. The average molecular weight is 343 g/mol. The molecule has 2 aliphatic heterocycles. The van der Waals surface area contributed by atoms with E-state index in [4.69, 9.17) is 14.2 Å². The molecule has 0 aromatic heterocycles. The summed E-state index contributed by atoms with van der Waals surface area (Å²) in [6, 6.07) is 0.595. The molecule has 0 aliphatic carbocycles. The first kappa shape index (κ1) is 20.1. The lowest BCUT2D eigenvalue weighted by Crippen LogP contribution is -2.37. The molecule has 142 valence electrons. The summed E-state index contributed by atoms with van der Waals surface area (Å²) in [5.41, 5.74) is -0.0804. The Kier molecular flexibility index (Phi) is 7.50. The van der Waals surface area contributed by atoms with E-state index >= 15 is 0 Å². The molecule has 2 saturated heterocycles. The highest BCUT2D eigenvalue weighted by Crippen LogP contribution is 2.23. The van der Waals surface area contributed by atoms with E-state index in [1.54, 1.807) is 7.11 Å². The summed E-state index contributed by atoms with van der Waals surface area (Å²) >= 11 is 0. The van der Waals surface area contributed by atoms with Crippen molar-refractivity contribution >= 4 is 0 Å². The number of methoxy groups -OCH3 is 1. The fourth-order valence-electron chi connectivity index (χ4n) is 3.72. The summed E-state index contributed by atoms with van der Waals surface area (Å²) in [6.07, 6.45) is 4.22. The maximum Gasteiger partial charge on any atom is 0.0979 e. The van der Waals surface area contributed by atoms with Gasteiger partial charge in [-0.05, 0) is 60.5 Å². The lowest BCUT2D eigenvalue weighted by Gasteiger charge is -2.30. The second-order valence-corrected chi connectivity index (χ2v) is 8.35. The molecule has 2 heterocycles. The normalized spacial score (nSPS) is 29.9. The van der Waals surface area contributed by atoms with Crippen molar-refractivity contribution in [1.29, 1.82) is 0 Å². The number of hydrogen-bond acceptors (Lipinski definition) is 5. The highest BCUT2D eigenvalue weighted by Gasteiger charge is 2.35. The van der Waals surface area contributed by atoms with Crippen molar-refractivity contribution in [2.24, 2.45) is 0 Å². The zero-order chi connectivity index (χ0) is 17.7. The first-order valence-electron chi connectivity index (χ1n) is 9.55. The summed E-state index contributed by atoms with van der Waals surface area (Å²) in [5.74, 6) is 0. The zero-order valence-corrected chi connectivity index (χ0v) is 16.6. The summed E-state index contributed by atoms with van der Waals surface area (Å²) in [4.78, 5) is 4.88. The van der Waals surface area contributed by atoms with Crippen LogP contribution in [0.15, 0.2) is 0 Å². The Hall–Kier alpha value is -0.200. The van der Waals surface area contributed by atoms with Gasteiger partial charge in [-0.3, -0.25) is 4.90 Å². The molecular weight excluding hydrogens is 304 g/mol. The third-order valence-electron chi connectivity index (χ3n) is 5.41. The molecule has 0 radical (unpaired) electrons. The van der Waals surface area contributed by atoms with Crippen LogP contribution in [0.5, 0.6) is 0 Å². The van der Waals surface area contributed by atoms with Gasteiger partial charge in [0, 0.05) is 32.8 Å². The van der Waals surface area contributed by atoms with Crippen LogP contribution in [0.4, 0.5) is 0 Å². The summed E-state index contributed by atoms with van der Waals surface area (Å²) in [6.45, 7) is 13.6. The third-order valence-corrected chi connectivity index (χ3v) is 5.41. The number of hydrogen-bond donors (Lipinski definition) is 0. The van der Waals surface area contributed by atoms with E-state index in [1.165, 1.54) is 19.4 Å². The van der Waals surface area contributed by atoms with Crippen LogP contribution in [-0.2, 0) is 14.2 Å². The number of ether oxygens (including phenoxy) is 3. The fourth-order valence-corrected chi connectivity index (χ4v) is 3.72. The number of likely N-dealkylation sites (N-methyl/N-ethyl adjacent to an activating group) is 1. The van der Waals surface area contributed by atoms with Crippen molar-refractivity contribution in [3.05, 3.63) is 0 Å². The van der Waals surface area contributed by atoms with Gasteiger partial charge in [-0.2, -0.15) is 0 Å². The molecule has 0 unspecified atom stereocenters. The van der Waals surface area contributed by atoms with Crippen molar-refractivity contribution < 1.29 is 14.2 Å². The Labute approximate surface area is 148 Å². The van der Waals surface area contributed by atoms with Crippen LogP contribution in [0.25, 0.3) is 0 Å². The molecule has 5 heteroatoms. The van der Waals surface area contributed by atoms with Crippen molar-refractivity contribution in [2.45, 2.75) is 76.9 Å². The van der Waals surface area contributed by atoms with Gasteiger partial charge in [0.25, 0.3) is 0 Å². The Balaban J connectivity index is 1.73. The lowest BCUT2D eigenvalue weighted by molar-refractivity contribution is -0.0547. The first-order valence-corrected chi connectivity index (χ1v) is 9.55. The molecule has 0 aromatic carbocycles. The third kappa shape index (κ3) is 5.95. The van der Waals surface area contributed by atoms with Gasteiger partial charge in [-0.1, -0.05) is 0 Å². The second-order valence-electron chi connectivity index (χ2n) is 8.35. The highest BCUT2D eigenvalue weighted by atomic mass is 16.5. The topological polar surface area (TPSA) is 34.2 Å². The molecular formula is C19H38N2O3. The summed E-state index contributed by atoms with van der Waals surface area (Å²) in [7, 11) is 3.99. The minimum Gasteiger partial charge on any atom is -0.377 e. The smallest absolute Gasteiger partial charge is 0.0979 e. The van der Waals surface area contributed by atoms with Crippen LogP contribution in [-0.4, -0.2) is 86.7 Å². The molecule has 0 saturated carbocycles. The van der Waals surface area contributed by atoms with Crippen molar-refractivity contribution in [1.82, 2.24) is 9.80 Å². The molecule has 2 fully saturated rings. The quantitative estimate of drug-likeness (QED) is 0.643. The van der Waals surface area contributed by atoms with Gasteiger partial charge >= 0.3 is 0 Å². The van der Waals surface area contributed by atoms with Crippen LogP contribution >= 0.6 is 0 Å². The Bertz CT molecular complexity index is 376. The number of nitrogens with zero attached hydrogens (tertiary/aromatic N) is 2. The molecule has 2 aliphatic rings. The van der Waals surface area contributed by atoms with Gasteiger partial charge in [0.2, 0.25) is 0 Å². The van der Waals surface area contributed by atoms with Crippen molar-refractivity contribution in [2.75, 3.05) is 46.9 Å². The van der Waals surface area contributed by atoms with E-state index in [1.807, 2.05) is 0 Å². The van der Waals surface area contributed by atoms with Crippen LogP contribution in [0.1, 0.15) is 47.0 Å². The van der Waals surface area contributed by atoms with E-state index < -0.39 is 0 Å². The van der Waals surface area contributed by atoms with E-state index in [0.717, 1.165) is 32.7 Å². The summed E-state index contributed by atoms with van der Waals surface area (Å²) in [5, 5.41) is 0. The predicted molar refractivity (Wildman–Crippen MR) is 97.5 cm³/mol. The van der Waals surface area contributed by atoms with Gasteiger partial charge in [0.05, 0.1) is 30.5 Å². The van der Waals surface area contributed by atoms with Gasteiger partial charge in [0.1, 0.15) is 0 Å². The Morgan fingerprint density at radius 2 is 1.88 bits per heavy atom. The van der Waals surface area contributed by atoms with Crippen LogP contribution in [0, 0.1) is 0 Å². The van der Waals surface area contributed by atoms with E-state index in [-0.39, 0.29) is 23.9 Å². The fraction of sp³-hybridized carbons (Fsp3) is 1.00. The SMILES string of the molecule is CO[C@@H]1CN(CCC(C)(C)OC[C@H]2CCCN2C)C[C@H]1OC(C)C. The van der Waals surface area contributed by atoms with E-state index in [2.05, 4.69) is 44.5 Å². The largest absolute Gasteiger partial charge is 0.377 e. The minimum absolute atomic E-state index is 0.0804. The predicted octanol–water partition coefficient (Wildman–Crippen LogP) is 2.39. The lowest BCUT2D eigenvalue weighted by atomic mass is 10.0. The van der Waals surface area contributed by atoms with Gasteiger partial charge in [-0.25, -0.2) is 0 Å². The standard InChI is InChI=1S/C19H38N2O3/c1-15(2)24-18-13-21(12-17(18)22-6)11-9-19(3,4)23-14-16-8-7-10-20(16)5/h15-18H,7-14H2,1-6H3/t16-,17-,18-/m1/s1. The molecule has 0 amide bonds. The maximum atomic E-state index is 6.26. The monoisotopic (exact) mass is 342 g/mol. The zero-order valence-electron chi connectivity index (χ0n) is 16.6. The maximum absolute atomic E-state index is 6.26. The van der Waals surface area contributed by atoms with E-state index in [9.17, 15) is 0 Å². The number of likely N-dealkylation sites (tertiary alicyclic amines) is 2. The molecule has 0 aromatic rings. The molecule has 24 heavy (non-hydrogen) atoms. The first-order chi connectivity index (χ1) is 11.3. The molecule has 0 bridgehead atoms. The molecule has 0 spiro atoms. The highest BCUT2D eigenvalue weighted by molar-refractivity contribution is 4.87. The molecule has 5 nitrogen and oxygen atoms in total. The minimum atomic E-state index is -0.0804. The van der Waals surface area contributed by atoms with E-state index in [0.29, 0.717) is 6.04 Å². The van der Waals surface area contributed by atoms with Crippen LogP contribution in [0.3, 0.4) is 0 Å². The molecule has 2 rings (SSSR count). The van der Waals surface area contributed by atoms with Crippen LogP contribution < -0.4 is 0 Å². The van der Waals surface area contributed by atoms with Gasteiger partial charge in [0.15, 0.2) is 0 Å². The van der Waals surface area contributed by atoms with Crippen molar-refractivity contribution in [3.63, 3.8) is 0 Å². The van der Waals surface area contributed by atoms with Gasteiger partial charge in [-0.15, -0.1) is 0 Å². The van der Waals surface area contributed by atoms with Crippen molar-refractivity contribution in [3.8, 4) is 0 Å². The van der Waals surface area contributed by atoms with Gasteiger partial charge < -0.3 is 19.1 Å². The molecule has 0 N–H and O–H groups in total. The second kappa shape index (κ2) is 8.95. The Morgan fingerprint density at radius 1 is 1.17 bits per heavy atom. The summed E-state index contributed by atoms with van der Waals surface area (Å²) < 4.78 is 17.9. The number of rotatable bonds is 9. The Morgan fingerprint density at radius 3 is 2.46 bits per heavy atom.